The van der Waals surface area contributed by atoms with Gasteiger partial charge < -0.3 is 10.5 Å². The number of hydrogen-bond acceptors (Lipinski definition) is 6. The summed E-state index contributed by atoms with van der Waals surface area (Å²) in [5.74, 6) is -1.25. The van der Waals surface area contributed by atoms with E-state index in [1.807, 2.05) is 26.1 Å². The Bertz CT molecular complexity index is 558. The van der Waals surface area contributed by atoms with E-state index >= 15 is 0 Å². The lowest BCUT2D eigenvalue weighted by Gasteiger charge is -2.20. The molecule has 0 unspecified atom stereocenters. The van der Waals surface area contributed by atoms with Crippen molar-refractivity contribution >= 4 is 17.9 Å². The summed E-state index contributed by atoms with van der Waals surface area (Å²) in [7, 11) is 0. The third kappa shape index (κ3) is 4.26. The summed E-state index contributed by atoms with van der Waals surface area (Å²) >= 11 is 0. The smallest absolute Gasteiger partial charge is 0.360 e. The van der Waals surface area contributed by atoms with E-state index < -0.39 is 23.3 Å². The number of esters is 1. The van der Waals surface area contributed by atoms with Crippen molar-refractivity contribution < 1.29 is 19.1 Å². The number of aromatic nitrogens is 3. The second-order valence-electron chi connectivity index (χ2n) is 5.33. The second-order valence-corrected chi connectivity index (χ2v) is 5.33. The maximum Gasteiger partial charge on any atom is 0.360 e. The van der Waals surface area contributed by atoms with Gasteiger partial charge in [0.25, 0.3) is 0 Å². The van der Waals surface area contributed by atoms with Gasteiger partial charge in [-0.3, -0.25) is 10.1 Å². The molecule has 0 fully saturated rings. The number of nitrogens with two attached hydrogens (primary N) is 1. The number of primary amides is 1. The standard InChI is InChI=1S/C12H19N5O4/c1-5-21-10(19)8-9(12(2,3)4)17(16-15-8)6-7(18)14-11(13)20/h5-6H2,1-4H3,(H3,13,14,18,20). The van der Waals surface area contributed by atoms with Crippen molar-refractivity contribution in [3.8, 4) is 0 Å². The zero-order valence-electron chi connectivity index (χ0n) is 12.5. The minimum Gasteiger partial charge on any atom is -0.461 e. The summed E-state index contributed by atoms with van der Waals surface area (Å²) < 4.78 is 6.17. The van der Waals surface area contributed by atoms with E-state index in [9.17, 15) is 14.4 Å². The van der Waals surface area contributed by atoms with Crippen LogP contribution in [-0.2, 0) is 21.5 Å². The molecule has 116 valence electrons. The van der Waals surface area contributed by atoms with E-state index in [0.717, 1.165) is 0 Å². The number of urea groups is 1. The molecule has 1 aromatic rings. The molecule has 0 aromatic carbocycles. The Morgan fingerprint density at radius 1 is 1.33 bits per heavy atom. The molecule has 0 atom stereocenters. The molecule has 0 radical (unpaired) electrons. The minimum atomic E-state index is -0.956. The average Bonchev–Trinajstić information content (AvgIpc) is 2.71. The summed E-state index contributed by atoms with van der Waals surface area (Å²) in [6, 6.07) is -0.956. The summed E-state index contributed by atoms with van der Waals surface area (Å²) in [5.41, 5.74) is 4.87. The van der Waals surface area contributed by atoms with Gasteiger partial charge in [0.2, 0.25) is 5.91 Å². The first-order valence-corrected chi connectivity index (χ1v) is 6.37. The van der Waals surface area contributed by atoms with Gasteiger partial charge in [0.05, 0.1) is 12.3 Å². The Hall–Kier alpha value is -2.45. The normalized spacial score (nSPS) is 11.0. The number of amides is 3. The molecule has 1 heterocycles. The monoisotopic (exact) mass is 297 g/mol. The van der Waals surface area contributed by atoms with Crippen molar-refractivity contribution in [2.24, 2.45) is 5.73 Å². The van der Waals surface area contributed by atoms with Crippen LogP contribution in [0.4, 0.5) is 4.79 Å². The van der Waals surface area contributed by atoms with E-state index in [2.05, 4.69) is 10.3 Å². The van der Waals surface area contributed by atoms with Crippen molar-refractivity contribution in [2.45, 2.75) is 39.7 Å². The largest absolute Gasteiger partial charge is 0.461 e. The average molecular weight is 297 g/mol. The van der Waals surface area contributed by atoms with Gasteiger partial charge in [-0.2, -0.15) is 0 Å². The molecule has 0 saturated heterocycles. The Labute approximate surface area is 121 Å². The highest BCUT2D eigenvalue weighted by atomic mass is 16.5. The molecule has 0 aliphatic heterocycles. The molecule has 9 nitrogen and oxygen atoms in total. The van der Waals surface area contributed by atoms with Crippen molar-refractivity contribution in [1.29, 1.82) is 0 Å². The number of nitrogens with zero attached hydrogens (tertiary/aromatic N) is 3. The van der Waals surface area contributed by atoms with Crippen molar-refractivity contribution in [1.82, 2.24) is 20.3 Å². The summed E-state index contributed by atoms with van der Waals surface area (Å²) in [5, 5.41) is 9.49. The maximum atomic E-state index is 11.9. The molecule has 0 spiro atoms. The molecule has 0 aliphatic rings. The van der Waals surface area contributed by atoms with Gasteiger partial charge in [0.15, 0.2) is 5.69 Å². The molecule has 3 N–H and O–H groups in total. The fraction of sp³-hybridized carbons (Fsp3) is 0.583. The van der Waals surface area contributed by atoms with E-state index in [1.54, 1.807) is 6.92 Å². The molecule has 1 aromatic heterocycles. The van der Waals surface area contributed by atoms with Crippen LogP contribution in [0.2, 0.25) is 0 Å². The van der Waals surface area contributed by atoms with Crippen LogP contribution < -0.4 is 11.1 Å². The highest BCUT2D eigenvalue weighted by molar-refractivity contribution is 5.93. The number of carbonyl (C=O) groups is 3. The first kappa shape index (κ1) is 16.6. The molecule has 0 saturated carbocycles. The zero-order valence-corrected chi connectivity index (χ0v) is 12.5. The van der Waals surface area contributed by atoms with Crippen LogP contribution in [0.25, 0.3) is 0 Å². The number of hydrogen-bond donors (Lipinski definition) is 2. The van der Waals surface area contributed by atoms with Crippen LogP contribution >= 0.6 is 0 Å². The van der Waals surface area contributed by atoms with Gasteiger partial charge >= 0.3 is 12.0 Å². The van der Waals surface area contributed by atoms with Gasteiger partial charge in [0, 0.05) is 5.41 Å². The van der Waals surface area contributed by atoms with E-state index in [1.165, 1.54) is 4.68 Å². The van der Waals surface area contributed by atoms with Crippen LogP contribution in [0.15, 0.2) is 0 Å². The predicted octanol–water partition coefficient (Wildman–Crippen LogP) is -0.0528. The Kier molecular flexibility index (Phi) is 5.01. The number of ether oxygens (including phenoxy) is 1. The second kappa shape index (κ2) is 6.33. The lowest BCUT2D eigenvalue weighted by molar-refractivity contribution is -0.120. The Morgan fingerprint density at radius 2 is 1.95 bits per heavy atom. The van der Waals surface area contributed by atoms with Gasteiger partial charge in [-0.1, -0.05) is 26.0 Å². The maximum absolute atomic E-state index is 11.9. The molecule has 1 rings (SSSR count). The lowest BCUT2D eigenvalue weighted by atomic mass is 9.90. The highest BCUT2D eigenvalue weighted by Crippen LogP contribution is 2.25. The van der Waals surface area contributed by atoms with Gasteiger partial charge in [0.1, 0.15) is 6.54 Å². The fourth-order valence-corrected chi connectivity index (χ4v) is 1.82. The van der Waals surface area contributed by atoms with Crippen LogP contribution in [0, 0.1) is 0 Å². The lowest BCUT2D eigenvalue weighted by Crippen LogP contribution is -2.38. The predicted molar refractivity (Wildman–Crippen MR) is 72.4 cm³/mol. The molecule has 3 amide bonds. The molecule has 21 heavy (non-hydrogen) atoms. The van der Waals surface area contributed by atoms with Crippen LogP contribution in [-0.4, -0.2) is 39.5 Å². The van der Waals surface area contributed by atoms with Crippen molar-refractivity contribution in [2.75, 3.05) is 6.61 Å². The Balaban J connectivity index is 3.13. The first-order chi connectivity index (χ1) is 9.66. The van der Waals surface area contributed by atoms with Crippen molar-refractivity contribution in [3.63, 3.8) is 0 Å². The summed E-state index contributed by atoms with van der Waals surface area (Å²) in [6.07, 6.45) is 0. The molecule has 0 bridgehead atoms. The van der Waals surface area contributed by atoms with E-state index in [-0.39, 0.29) is 18.8 Å². The molecular weight excluding hydrogens is 278 g/mol. The minimum absolute atomic E-state index is 0.0521. The number of imide groups is 1. The molecule has 0 aliphatic carbocycles. The third-order valence-electron chi connectivity index (χ3n) is 2.47. The number of nitrogens with one attached hydrogen (secondary N) is 1. The van der Waals surface area contributed by atoms with Crippen molar-refractivity contribution in [3.05, 3.63) is 11.4 Å². The quantitative estimate of drug-likeness (QED) is 0.749. The Morgan fingerprint density at radius 3 is 2.43 bits per heavy atom. The fourth-order valence-electron chi connectivity index (χ4n) is 1.82. The summed E-state index contributed by atoms with van der Waals surface area (Å²) in [6.45, 7) is 7.14. The van der Waals surface area contributed by atoms with E-state index in [4.69, 9.17) is 10.5 Å². The van der Waals surface area contributed by atoms with Gasteiger partial charge in [-0.15, -0.1) is 5.10 Å². The first-order valence-electron chi connectivity index (χ1n) is 6.37. The molecule has 9 heteroatoms. The van der Waals surface area contributed by atoms with Gasteiger partial charge in [-0.25, -0.2) is 14.3 Å². The number of rotatable bonds is 4. The number of carbonyl (C=O) groups excluding carboxylic acids is 3. The van der Waals surface area contributed by atoms with E-state index in [0.29, 0.717) is 5.69 Å². The van der Waals surface area contributed by atoms with Crippen LogP contribution in [0.5, 0.6) is 0 Å². The topological polar surface area (TPSA) is 129 Å². The third-order valence-corrected chi connectivity index (χ3v) is 2.47. The van der Waals surface area contributed by atoms with Gasteiger partial charge in [-0.05, 0) is 6.92 Å². The molecular formula is C12H19N5O4. The van der Waals surface area contributed by atoms with Crippen LogP contribution in [0.1, 0.15) is 43.9 Å². The summed E-state index contributed by atoms with van der Waals surface area (Å²) in [4.78, 5) is 34.1. The SMILES string of the molecule is CCOC(=O)c1nnn(CC(=O)NC(N)=O)c1C(C)(C)C. The van der Waals surface area contributed by atoms with Crippen LogP contribution in [0.3, 0.4) is 0 Å². The zero-order chi connectivity index (χ0) is 16.2. The highest BCUT2D eigenvalue weighted by Gasteiger charge is 2.30.